The maximum Gasteiger partial charge on any atom is 0.381 e. The van der Waals surface area contributed by atoms with Gasteiger partial charge in [-0.15, -0.1) is 0 Å². The molecule has 3 N–H and O–H groups in total. The van der Waals surface area contributed by atoms with Crippen LogP contribution in [0.4, 0.5) is 0 Å². The lowest BCUT2D eigenvalue weighted by Gasteiger charge is -2.52. The zero-order valence-corrected chi connectivity index (χ0v) is 14.8. The van der Waals surface area contributed by atoms with Crippen LogP contribution in [0.5, 0.6) is 0 Å². The van der Waals surface area contributed by atoms with Gasteiger partial charge in [0.25, 0.3) is 0 Å². The summed E-state index contributed by atoms with van der Waals surface area (Å²) in [6.45, 7) is 9.98. The largest absolute Gasteiger partial charge is 0.381 e. The Labute approximate surface area is 132 Å². The summed E-state index contributed by atoms with van der Waals surface area (Å²) in [4.78, 5) is 0. The lowest BCUT2D eigenvalue weighted by atomic mass is 9.55. The van der Waals surface area contributed by atoms with Crippen molar-refractivity contribution in [2.24, 2.45) is 0 Å². The van der Waals surface area contributed by atoms with Gasteiger partial charge in [-0.05, 0) is 60.0 Å². The fourth-order valence-corrected chi connectivity index (χ4v) is 3.48. The Balaban J connectivity index is 3.11. The molecule has 1 saturated heterocycles. The van der Waals surface area contributed by atoms with Crippen LogP contribution >= 0.6 is 0 Å². The molecule has 0 aromatic heterocycles. The lowest BCUT2D eigenvalue weighted by molar-refractivity contribution is 0.399. The van der Waals surface area contributed by atoms with Crippen molar-refractivity contribution in [1.29, 1.82) is 0 Å². The van der Waals surface area contributed by atoms with Crippen molar-refractivity contribution in [1.82, 2.24) is 29.8 Å². The summed E-state index contributed by atoms with van der Waals surface area (Å²) >= 11 is 0. The van der Waals surface area contributed by atoms with Crippen LogP contribution in [0.25, 0.3) is 0 Å². The summed E-state index contributed by atoms with van der Waals surface area (Å²) in [6.07, 6.45) is 3.46. The van der Waals surface area contributed by atoms with Gasteiger partial charge in [0.05, 0.1) is 0 Å². The number of rotatable bonds is 9. The number of hydrogen-bond acceptors (Lipinski definition) is 6. The highest BCUT2D eigenvalue weighted by Crippen LogP contribution is 2.17. The monoisotopic (exact) mass is 294 g/mol. The molecule has 1 fully saturated rings. The lowest BCUT2D eigenvalue weighted by Crippen LogP contribution is -2.85. The summed E-state index contributed by atoms with van der Waals surface area (Å²) in [5.74, 6) is 0. The van der Waals surface area contributed by atoms with Gasteiger partial charge in [-0.3, -0.25) is 0 Å². The Morgan fingerprint density at radius 2 is 0.810 bits per heavy atom. The van der Waals surface area contributed by atoms with E-state index >= 15 is 0 Å². The Morgan fingerprint density at radius 1 is 0.571 bits per heavy atom. The molecular weight excluding hydrogens is 261 g/mol. The molecule has 9 heteroatoms. The Bertz CT molecular complexity index is 231. The molecule has 0 aromatic rings. The molecule has 120 valence electrons. The molecule has 0 aromatic carbocycles. The third-order valence-electron chi connectivity index (χ3n) is 4.10. The highest BCUT2D eigenvalue weighted by Gasteiger charge is 2.51. The van der Waals surface area contributed by atoms with Crippen molar-refractivity contribution in [3.05, 3.63) is 0 Å². The molecule has 0 saturated carbocycles. The standard InChI is InChI=1S/C12H33B3N6/c1-7-10-19-13(16-4)20(11-8-2)15(18-6)21(12-9-3)14(19)17-5/h16-18H,7-12H2,1-6H3. The molecule has 0 amide bonds. The van der Waals surface area contributed by atoms with Crippen LogP contribution in [0.2, 0.25) is 0 Å². The minimum atomic E-state index is 0.257. The first-order valence-electron chi connectivity index (χ1n) is 8.49. The van der Waals surface area contributed by atoms with Gasteiger partial charge in [-0.2, -0.15) is 0 Å². The van der Waals surface area contributed by atoms with Crippen LogP contribution in [0.15, 0.2) is 0 Å². The maximum absolute atomic E-state index is 3.51. The fourth-order valence-electron chi connectivity index (χ4n) is 3.48. The highest BCUT2D eigenvalue weighted by molar-refractivity contribution is 6.83. The highest BCUT2D eigenvalue weighted by atomic mass is 15.4. The van der Waals surface area contributed by atoms with E-state index < -0.39 is 0 Å². The first kappa shape index (κ1) is 19.0. The van der Waals surface area contributed by atoms with E-state index in [1.54, 1.807) is 0 Å². The average Bonchev–Trinajstić information content (AvgIpc) is 2.49. The van der Waals surface area contributed by atoms with Crippen LogP contribution in [0.3, 0.4) is 0 Å². The van der Waals surface area contributed by atoms with E-state index in [2.05, 4.69) is 71.8 Å². The molecule has 6 nitrogen and oxygen atoms in total. The molecule has 0 atom stereocenters. The second-order valence-electron chi connectivity index (χ2n) is 5.70. The maximum atomic E-state index is 3.51. The summed E-state index contributed by atoms with van der Waals surface area (Å²) in [5.41, 5.74) is 0. The molecule has 1 aliphatic rings. The molecule has 0 radical (unpaired) electrons. The fraction of sp³-hybridized carbons (Fsp3) is 1.00. The third kappa shape index (κ3) is 4.24. The van der Waals surface area contributed by atoms with Gasteiger partial charge in [-0.1, -0.05) is 20.8 Å². The quantitative estimate of drug-likeness (QED) is 0.510. The van der Waals surface area contributed by atoms with E-state index in [0.717, 1.165) is 38.9 Å². The van der Waals surface area contributed by atoms with E-state index in [1.807, 2.05) is 0 Å². The van der Waals surface area contributed by atoms with Crippen molar-refractivity contribution < 1.29 is 0 Å². The molecule has 1 heterocycles. The molecule has 1 aliphatic heterocycles. The van der Waals surface area contributed by atoms with Gasteiger partial charge in [-0.25, -0.2) is 0 Å². The zero-order chi connectivity index (χ0) is 15.8. The van der Waals surface area contributed by atoms with Crippen molar-refractivity contribution in [2.75, 3.05) is 40.8 Å². The first-order chi connectivity index (χ1) is 10.2. The molecule has 0 aliphatic carbocycles. The zero-order valence-electron chi connectivity index (χ0n) is 14.8. The van der Waals surface area contributed by atoms with E-state index in [-0.39, 0.29) is 21.4 Å². The molecule has 0 spiro atoms. The van der Waals surface area contributed by atoms with Gasteiger partial charge < -0.3 is 29.8 Å². The number of nitrogens with zero attached hydrogens (tertiary/aromatic N) is 3. The van der Waals surface area contributed by atoms with Crippen molar-refractivity contribution in [3.8, 4) is 0 Å². The van der Waals surface area contributed by atoms with E-state index in [9.17, 15) is 0 Å². The van der Waals surface area contributed by atoms with Gasteiger partial charge in [0.1, 0.15) is 0 Å². The smallest absolute Gasteiger partial charge is 0.332 e. The van der Waals surface area contributed by atoms with Crippen LogP contribution < -0.4 is 15.7 Å². The van der Waals surface area contributed by atoms with Gasteiger partial charge in [0, 0.05) is 0 Å². The Hall–Kier alpha value is -0.0452. The normalized spacial score (nSPS) is 18.9. The van der Waals surface area contributed by atoms with Crippen molar-refractivity contribution >= 4 is 21.4 Å². The van der Waals surface area contributed by atoms with Crippen LogP contribution in [0.1, 0.15) is 40.0 Å². The Morgan fingerprint density at radius 3 is 0.952 bits per heavy atom. The van der Waals surface area contributed by atoms with E-state index in [1.165, 1.54) is 0 Å². The SMILES string of the molecule is CCCN1B(NC)N(CCC)B(NC)N(CCC)B1NC. The molecule has 1 rings (SSSR count). The predicted molar refractivity (Wildman–Crippen MR) is 95.4 cm³/mol. The number of nitrogens with one attached hydrogen (secondary N) is 3. The summed E-state index contributed by atoms with van der Waals surface area (Å²) in [6, 6.07) is 0. The molecule has 0 bridgehead atoms. The Kier molecular flexibility index (Phi) is 8.93. The number of hydrogen-bond donors (Lipinski definition) is 3. The van der Waals surface area contributed by atoms with Crippen molar-refractivity contribution in [3.63, 3.8) is 0 Å². The summed E-state index contributed by atoms with van der Waals surface area (Å²) < 4.78 is 7.58. The summed E-state index contributed by atoms with van der Waals surface area (Å²) in [7, 11) is 6.95. The van der Waals surface area contributed by atoms with E-state index in [0.29, 0.717) is 0 Å². The first-order valence-corrected chi connectivity index (χ1v) is 8.49. The molecule has 21 heavy (non-hydrogen) atoms. The summed E-state index contributed by atoms with van der Waals surface area (Å²) in [5, 5.41) is 10.5. The minimum Gasteiger partial charge on any atom is -0.332 e. The van der Waals surface area contributed by atoms with Crippen molar-refractivity contribution in [2.45, 2.75) is 40.0 Å². The second kappa shape index (κ2) is 9.87. The molecular formula is C12H33B3N6. The van der Waals surface area contributed by atoms with Crippen LogP contribution in [0, 0.1) is 0 Å². The molecule has 0 unspecified atom stereocenters. The topological polar surface area (TPSA) is 45.8 Å². The van der Waals surface area contributed by atoms with Crippen LogP contribution in [-0.4, -0.2) is 76.3 Å². The third-order valence-corrected chi connectivity index (χ3v) is 4.10. The van der Waals surface area contributed by atoms with Gasteiger partial charge in [0.15, 0.2) is 0 Å². The predicted octanol–water partition coefficient (Wildman–Crippen LogP) is -0.251. The van der Waals surface area contributed by atoms with E-state index in [4.69, 9.17) is 0 Å². The van der Waals surface area contributed by atoms with Gasteiger partial charge in [0.2, 0.25) is 0 Å². The minimum absolute atomic E-state index is 0.257. The van der Waals surface area contributed by atoms with Gasteiger partial charge >= 0.3 is 21.4 Å². The van der Waals surface area contributed by atoms with Crippen LogP contribution in [-0.2, 0) is 0 Å². The average molecular weight is 294 g/mol. The second-order valence-corrected chi connectivity index (χ2v) is 5.70.